The molecule has 1 aliphatic rings. The van der Waals surface area contributed by atoms with Crippen molar-refractivity contribution in [3.8, 4) is 23.0 Å². The van der Waals surface area contributed by atoms with Crippen LogP contribution in [0.4, 0.5) is 5.69 Å². The number of ether oxygens (including phenoxy) is 5. The van der Waals surface area contributed by atoms with Gasteiger partial charge in [0.1, 0.15) is 11.5 Å². The van der Waals surface area contributed by atoms with E-state index in [0.29, 0.717) is 28.7 Å². The Morgan fingerprint density at radius 2 is 1.73 bits per heavy atom. The summed E-state index contributed by atoms with van der Waals surface area (Å²) in [5.41, 5.74) is 0.518. The van der Waals surface area contributed by atoms with Crippen molar-refractivity contribution in [1.82, 2.24) is 0 Å². The van der Waals surface area contributed by atoms with Crippen molar-refractivity contribution in [2.45, 2.75) is 0 Å². The van der Waals surface area contributed by atoms with E-state index >= 15 is 0 Å². The molecule has 0 atom stereocenters. The summed E-state index contributed by atoms with van der Waals surface area (Å²) < 4.78 is 25.6. The van der Waals surface area contributed by atoms with Crippen molar-refractivity contribution < 1.29 is 33.3 Å². The lowest BCUT2D eigenvalue weighted by atomic mass is 10.3. The van der Waals surface area contributed by atoms with Crippen molar-refractivity contribution in [3.05, 3.63) is 42.5 Å². The first-order valence-corrected chi connectivity index (χ1v) is 7.76. The van der Waals surface area contributed by atoms with Crippen LogP contribution in [0.25, 0.3) is 0 Å². The number of hydrogen-bond donors (Lipinski definition) is 1. The molecule has 0 fully saturated rings. The Morgan fingerprint density at radius 1 is 1.00 bits per heavy atom. The summed E-state index contributed by atoms with van der Waals surface area (Å²) in [6.07, 6.45) is 0. The monoisotopic (exact) mass is 359 g/mol. The van der Waals surface area contributed by atoms with Gasteiger partial charge in [-0.05, 0) is 36.4 Å². The molecule has 0 radical (unpaired) electrons. The van der Waals surface area contributed by atoms with Gasteiger partial charge in [-0.25, -0.2) is 4.79 Å². The van der Waals surface area contributed by atoms with Crippen LogP contribution in [0.3, 0.4) is 0 Å². The average Bonchev–Trinajstić information content (AvgIpc) is 3.13. The maximum Gasteiger partial charge on any atom is 0.344 e. The summed E-state index contributed by atoms with van der Waals surface area (Å²) >= 11 is 0. The molecule has 0 aromatic heterocycles. The van der Waals surface area contributed by atoms with Gasteiger partial charge >= 0.3 is 5.97 Å². The van der Waals surface area contributed by atoms with E-state index < -0.39 is 18.5 Å². The van der Waals surface area contributed by atoms with Gasteiger partial charge in [-0.2, -0.15) is 0 Å². The highest BCUT2D eigenvalue weighted by molar-refractivity contribution is 5.93. The number of benzene rings is 2. The van der Waals surface area contributed by atoms with E-state index in [1.165, 1.54) is 0 Å². The molecule has 8 heteroatoms. The third kappa shape index (κ3) is 4.56. The first kappa shape index (κ1) is 17.4. The van der Waals surface area contributed by atoms with E-state index in [2.05, 4.69) is 5.32 Å². The highest BCUT2D eigenvalue weighted by Crippen LogP contribution is 2.34. The minimum atomic E-state index is -0.651. The molecule has 0 saturated carbocycles. The predicted molar refractivity (Wildman–Crippen MR) is 90.6 cm³/mol. The number of amides is 1. The second-order valence-electron chi connectivity index (χ2n) is 5.24. The van der Waals surface area contributed by atoms with Crippen LogP contribution in [0.2, 0.25) is 0 Å². The van der Waals surface area contributed by atoms with E-state index in [1.54, 1.807) is 49.6 Å². The van der Waals surface area contributed by atoms with E-state index in [0.717, 1.165) is 0 Å². The van der Waals surface area contributed by atoms with Crippen LogP contribution in [-0.2, 0) is 14.3 Å². The summed E-state index contributed by atoms with van der Waals surface area (Å²) in [4.78, 5) is 23.5. The fourth-order valence-electron chi connectivity index (χ4n) is 2.17. The molecule has 26 heavy (non-hydrogen) atoms. The second-order valence-corrected chi connectivity index (χ2v) is 5.24. The smallest absolute Gasteiger partial charge is 0.344 e. The van der Waals surface area contributed by atoms with Gasteiger partial charge in [-0.1, -0.05) is 0 Å². The van der Waals surface area contributed by atoms with E-state index in [9.17, 15) is 9.59 Å². The summed E-state index contributed by atoms with van der Waals surface area (Å²) in [6, 6.07) is 11.7. The molecule has 3 rings (SSSR count). The van der Waals surface area contributed by atoms with Gasteiger partial charge in [0.2, 0.25) is 6.79 Å². The number of carbonyl (C=O) groups is 2. The fourth-order valence-corrected chi connectivity index (χ4v) is 2.17. The van der Waals surface area contributed by atoms with Crippen LogP contribution in [0.15, 0.2) is 42.5 Å². The quantitative estimate of drug-likeness (QED) is 0.756. The van der Waals surface area contributed by atoms with Gasteiger partial charge in [0, 0.05) is 11.8 Å². The molecular formula is C18H17NO7. The summed E-state index contributed by atoms with van der Waals surface area (Å²) in [6.45, 7) is -0.568. The van der Waals surface area contributed by atoms with Crippen molar-refractivity contribution in [2.24, 2.45) is 0 Å². The third-order valence-corrected chi connectivity index (χ3v) is 3.44. The van der Waals surface area contributed by atoms with Crippen molar-refractivity contribution in [3.63, 3.8) is 0 Å². The Morgan fingerprint density at radius 3 is 2.50 bits per heavy atom. The van der Waals surface area contributed by atoms with Crippen molar-refractivity contribution in [2.75, 3.05) is 32.4 Å². The maximum atomic E-state index is 11.8. The van der Waals surface area contributed by atoms with Gasteiger partial charge in [0.25, 0.3) is 5.91 Å². The Kier molecular flexibility index (Phi) is 5.43. The largest absolute Gasteiger partial charge is 0.497 e. The van der Waals surface area contributed by atoms with E-state index in [-0.39, 0.29) is 13.4 Å². The minimum absolute atomic E-state index is 0.151. The van der Waals surface area contributed by atoms with Gasteiger partial charge < -0.3 is 29.0 Å². The van der Waals surface area contributed by atoms with Crippen molar-refractivity contribution >= 4 is 17.6 Å². The molecule has 1 amide bonds. The molecular weight excluding hydrogens is 342 g/mol. The Hall–Kier alpha value is -3.42. The van der Waals surface area contributed by atoms with Crippen LogP contribution < -0.4 is 24.3 Å². The summed E-state index contributed by atoms with van der Waals surface area (Å²) in [5, 5.41) is 2.61. The zero-order chi connectivity index (χ0) is 18.4. The standard InChI is InChI=1S/C18H17NO7/c1-22-13-3-5-14(6-4-13)23-10-18(21)24-9-17(20)19-12-2-7-15-16(8-12)26-11-25-15/h2-8H,9-11H2,1H3,(H,19,20). The lowest BCUT2D eigenvalue weighted by Crippen LogP contribution is -2.23. The van der Waals surface area contributed by atoms with Crippen LogP contribution >= 0.6 is 0 Å². The number of rotatable bonds is 7. The molecule has 1 heterocycles. The normalized spacial score (nSPS) is 11.6. The first-order valence-electron chi connectivity index (χ1n) is 7.76. The molecule has 0 aliphatic carbocycles. The highest BCUT2D eigenvalue weighted by atomic mass is 16.7. The Labute approximate surface area is 149 Å². The lowest BCUT2D eigenvalue weighted by Gasteiger charge is -2.08. The van der Waals surface area contributed by atoms with Gasteiger partial charge in [-0.3, -0.25) is 4.79 Å². The van der Waals surface area contributed by atoms with Crippen LogP contribution in [-0.4, -0.2) is 39.0 Å². The number of hydrogen-bond acceptors (Lipinski definition) is 7. The molecule has 0 spiro atoms. The molecule has 2 aromatic rings. The zero-order valence-corrected chi connectivity index (χ0v) is 14.0. The molecule has 0 unspecified atom stereocenters. The number of fused-ring (bicyclic) bond motifs is 1. The zero-order valence-electron chi connectivity index (χ0n) is 14.0. The molecule has 1 N–H and O–H groups in total. The van der Waals surface area contributed by atoms with Crippen LogP contribution in [0, 0.1) is 0 Å². The van der Waals surface area contributed by atoms with Crippen molar-refractivity contribution in [1.29, 1.82) is 0 Å². The maximum absolute atomic E-state index is 11.8. The Bertz CT molecular complexity index is 789. The number of nitrogens with one attached hydrogen (secondary N) is 1. The third-order valence-electron chi connectivity index (χ3n) is 3.44. The SMILES string of the molecule is COc1ccc(OCC(=O)OCC(=O)Nc2ccc3c(c2)OCO3)cc1. The molecule has 1 aliphatic heterocycles. The molecule has 0 bridgehead atoms. The molecule has 8 nitrogen and oxygen atoms in total. The molecule has 136 valence electrons. The van der Waals surface area contributed by atoms with E-state index in [1.807, 2.05) is 0 Å². The predicted octanol–water partition coefficient (Wildman–Crippen LogP) is 1.98. The summed E-state index contributed by atoms with van der Waals surface area (Å²) in [7, 11) is 1.56. The average molecular weight is 359 g/mol. The highest BCUT2D eigenvalue weighted by Gasteiger charge is 2.15. The van der Waals surface area contributed by atoms with Crippen LogP contribution in [0.5, 0.6) is 23.0 Å². The number of esters is 1. The van der Waals surface area contributed by atoms with Crippen LogP contribution in [0.1, 0.15) is 0 Å². The number of carbonyl (C=O) groups excluding carboxylic acids is 2. The Balaban J connectivity index is 1.40. The fraction of sp³-hybridized carbons (Fsp3) is 0.222. The molecule has 0 saturated heterocycles. The first-order chi connectivity index (χ1) is 12.6. The number of anilines is 1. The topological polar surface area (TPSA) is 92.3 Å². The van der Waals surface area contributed by atoms with E-state index in [4.69, 9.17) is 23.7 Å². The van der Waals surface area contributed by atoms with Gasteiger partial charge in [-0.15, -0.1) is 0 Å². The summed E-state index contributed by atoms with van der Waals surface area (Å²) in [5.74, 6) is 1.22. The lowest BCUT2D eigenvalue weighted by molar-refractivity contribution is -0.149. The molecule has 2 aromatic carbocycles. The second kappa shape index (κ2) is 8.11. The minimum Gasteiger partial charge on any atom is -0.497 e. The van der Waals surface area contributed by atoms with Gasteiger partial charge in [0.15, 0.2) is 24.7 Å². The van der Waals surface area contributed by atoms with Gasteiger partial charge in [0.05, 0.1) is 7.11 Å². The number of methoxy groups -OCH3 is 1.